The van der Waals surface area contributed by atoms with E-state index in [9.17, 15) is 0 Å². The number of nitrogens with one attached hydrogen (secondary N) is 1. The van der Waals surface area contributed by atoms with Crippen LogP contribution in [0.5, 0.6) is 0 Å². The molecule has 176 valence electrons. The summed E-state index contributed by atoms with van der Waals surface area (Å²) in [4.78, 5) is 14.2. The number of hydrogen-bond acceptors (Lipinski definition) is 7. The Hall–Kier alpha value is -4.11. The summed E-state index contributed by atoms with van der Waals surface area (Å²) in [6.07, 6.45) is 4.96. The number of nitrogens with zero attached hydrogens (tertiary/aromatic N) is 7. The van der Waals surface area contributed by atoms with E-state index in [1.54, 1.807) is 0 Å². The molecule has 0 aliphatic carbocycles. The van der Waals surface area contributed by atoms with Crippen molar-refractivity contribution >= 4 is 34.7 Å². The quantitative estimate of drug-likeness (QED) is 0.328. The van der Waals surface area contributed by atoms with Crippen LogP contribution in [0.4, 0.5) is 0 Å². The molecule has 0 fully saturated rings. The van der Waals surface area contributed by atoms with Gasteiger partial charge < -0.3 is 8.98 Å². The predicted molar refractivity (Wildman–Crippen MR) is 135 cm³/mol. The van der Waals surface area contributed by atoms with Crippen LogP contribution in [0.15, 0.2) is 65.2 Å². The number of pyridine rings is 1. The van der Waals surface area contributed by atoms with Crippen molar-refractivity contribution in [3.05, 3.63) is 72.2 Å². The van der Waals surface area contributed by atoms with Crippen LogP contribution in [-0.2, 0) is 13.0 Å². The summed E-state index contributed by atoms with van der Waals surface area (Å²) in [7, 11) is 0. The molecule has 0 aliphatic heterocycles. The molecule has 6 aromatic rings. The average molecular weight is 487 g/mol. The lowest BCUT2D eigenvalue weighted by molar-refractivity contribution is 0.620. The topological polar surface area (TPSA) is 111 Å². The van der Waals surface area contributed by atoms with Gasteiger partial charge >= 0.3 is 0 Å². The number of tetrazole rings is 1. The summed E-state index contributed by atoms with van der Waals surface area (Å²) in [5.41, 5.74) is 6.08. The number of aryl methyl sites for hydroxylation is 1. The Morgan fingerprint density at radius 3 is 2.69 bits per heavy atom. The lowest BCUT2D eigenvalue weighted by Crippen LogP contribution is -2.06. The molecule has 0 saturated carbocycles. The number of aromatic nitrogens is 8. The zero-order valence-corrected chi connectivity index (χ0v) is 19.9. The van der Waals surface area contributed by atoms with Crippen LogP contribution in [-0.4, -0.2) is 40.1 Å². The fraction of sp³-hybridized carbons (Fsp3) is 0.200. The fourth-order valence-corrected chi connectivity index (χ4v) is 4.21. The highest BCUT2D eigenvalue weighted by atomic mass is 35.5. The number of hydrogen-bond donors (Lipinski definition) is 1. The smallest absolute Gasteiger partial charge is 0.228 e. The van der Waals surface area contributed by atoms with Gasteiger partial charge in [-0.25, -0.2) is 15.0 Å². The maximum Gasteiger partial charge on any atom is 0.228 e. The summed E-state index contributed by atoms with van der Waals surface area (Å²) in [6.45, 7) is 2.86. The van der Waals surface area contributed by atoms with E-state index in [1.165, 1.54) is 0 Å². The Morgan fingerprint density at radius 1 is 0.971 bits per heavy atom. The first-order chi connectivity index (χ1) is 16.8. The van der Waals surface area contributed by atoms with Gasteiger partial charge in [0.15, 0.2) is 11.2 Å². The maximum atomic E-state index is 6.10. The Labute approximate surface area is 207 Å². The Bertz CT molecular complexity index is 1590. The van der Waals surface area contributed by atoms with E-state index in [4.69, 9.17) is 14.4 Å². The van der Waals surface area contributed by atoms with Crippen LogP contribution in [0.2, 0.25) is 0 Å². The van der Waals surface area contributed by atoms with E-state index >= 15 is 0 Å². The van der Waals surface area contributed by atoms with Crippen molar-refractivity contribution in [1.29, 1.82) is 0 Å². The molecule has 4 heterocycles. The van der Waals surface area contributed by atoms with Crippen LogP contribution < -0.4 is 0 Å². The van der Waals surface area contributed by atoms with Gasteiger partial charge in [0, 0.05) is 23.7 Å². The van der Waals surface area contributed by atoms with Crippen LogP contribution in [0.25, 0.3) is 45.1 Å². The van der Waals surface area contributed by atoms with Gasteiger partial charge in [0.2, 0.25) is 11.7 Å². The van der Waals surface area contributed by atoms with E-state index in [-0.39, 0.29) is 12.4 Å². The summed E-state index contributed by atoms with van der Waals surface area (Å²) in [5, 5.41) is 14.4. The lowest BCUT2D eigenvalue weighted by Gasteiger charge is -2.08. The lowest BCUT2D eigenvalue weighted by atomic mass is 10.1. The van der Waals surface area contributed by atoms with Crippen molar-refractivity contribution in [1.82, 2.24) is 40.1 Å². The second-order valence-corrected chi connectivity index (χ2v) is 8.17. The second-order valence-electron chi connectivity index (χ2n) is 8.17. The van der Waals surface area contributed by atoms with E-state index < -0.39 is 0 Å². The molecular formula is C25H23ClN8O. The molecule has 0 amide bonds. The van der Waals surface area contributed by atoms with Gasteiger partial charge in [-0.3, -0.25) is 0 Å². The third-order valence-corrected chi connectivity index (χ3v) is 5.87. The van der Waals surface area contributed by atoms with Crippen molar-refractivity contribution in [2.75, 3.05) is 0 Å². The number of oxazole rings is 1. The highest BCUT2D eigenvalue weighted by molar-refractivity contribution is 5.85. The van der Waals surface area contributed by atoms with Gasteiger partial charge in [-0.15, -0.1) is 22.6 Å². The van der Waals surface area contributed by atoms with Crippen molar-refractivity contribution in [2.45, 2.75) is 32.7 Å². The van der Waals surface area contributed by atoms with Crippen molar-refractivity contribution < 1.29 is 4.42 Å². The summed E-state index contributed by atoms with van der Waals surface area (Å²) in [6, 6.07) is 17.8. The van der Waals surface area contributed by atoms with Crippen LogP contribution in [0.1, 0.15) is 31.2 Å². The molecule has 0 radical (unpaired) electrons. The first kappa shape index (κ1) is 22.7. The predicted octanol–water partition coefficient (Wildman–Crippen LogP) is 5.23. The number of H-pyrrole nitrogens is 1. The largest absolute Gasteiger partial charge is 0.436 e. The van der Waals surface area contributed by atoms with Gasteiger partial charge in [0.05, 0.1) is 6.54 Å². The number of fused-ring (bicyclic) bond motifs is 2. The second kappa shape index (κ2) is 9.63. The Balaban J connectivity index is 0.00000253. The Morgan fingerprint density at radius 2 is 1.86 bits per heavy atom. The van der Waals surface area contributed by atoms with Crippen molar-refractivity contribution in [3.8, 4) is 22.8 Å². The molecule has 35 heavy (non-hydrogen) atoms. The SMILES string of the molecule is CCCCc1nc2cccnc2n1Cc1ccc2oc(-c3ccccc3-c3nn[nH]n3)nc2c1.Cl. The number of aromatic amines is 1. The monoisotopic (exact) mass is 486 g/mol. The molecule has 9 nitrogen and oxygen atoms in total. The molecule has 0 bridgehead atoms. The summed E-state index contributed by atoms with van der Waals surface area (Å²) < 4.78 is 8.31. The number of unbranched alkanes of at least 4 members (excludes halogenated alkanes) is 1. The third kappa shape index (κ3) is 4.26. The van der Waals surface area contributed by atoms with Crippen LogP contribution in [0, 0.1) is 0 Å². The van der Waals surface area contributed by atoms with Gasteiger partial charge in [0.25, 0.3) is 0 Å². The van der Waals surface area contributed by atoms with Gasteiger partial charge in [0.1, 0.15) is 16.9 Å². The van der Waals surface area contributed by atoms with Crippen molar-refractivity contribution in [2.24, 2.45) is 0 Å². The molecule has 4 aromatic heterocycles. The number of imidazole rings is 1. The Kier molecular flexibility index (Phi) is 6.24. The first-order valence-electron chi connectivity index (χ1n) is 11.3. The molecule has 10 heteroatoms. The molecule has 0 aliphatic rings. The van der Waals surface area contributed by atoms with E-state index in [2.05, 4.69) is 49.2 Å². The minimum absolute atomic E-state index is 0. The van der Waals surface area contributed by atoms with E-state index in [0.717, 1.165) is 64.0 Å². The highest BCUT2D eigenvalue weighted by Crippen LogP contribution is 2.32. The molecule has 0 spiro atoms. The van der Waals surface area contributed by atoms with Gasteiger partial charge in [-0.1, -0.05) is 37.6 Å². The first-order valence-corrected chi connectivity index (χ1v) is 11.3. The number of benzene rings is 2. The summed E-state index contributed by atoms with van der Waals surface area (Å²) >= 11 is 0. The minimum atomic E-state index is 0. The molecule has 6 rings (SSSR count). The molecule has 2 aromatic carbocycles. The standard InChI is InChI=1S/C25H22N8O.ClH/c1-2-3-10-22-27-19-9-6-13-26-24(19)33(22)15-16-11-12-21-20(14-16)28-25(34-21)18-8-5-4-7-17(18)23-29-31-32-30-23;/h4-9,11-14H,2-3,10,15H2,1H3,(H,29,30,31,32);1H. The fourth-order valence-electron chi connectivity index (χ4n) is 4.21. The zero-order valence-electron chi connectivity index (χ0n) is 19.0. The van der Waals surface area contributed by atoms with E-state index in [1.807, 2.05) is 48.7 Å². The molecule has 0 unspecified atom stereocenters. The minimum Gasteiger partial charge on any atom is -0.436 e. The van der Waals surface area contributed by atoms with Crippen LogP contribution in [0.3, 0.4) is 0 Å². The molecule has 1 N–H and O–H groups in total. The third-order valence-electron chi connectivity index (χ3n) is 5.87. The van der Waals surface area contributed by atoms with Gasteiger partial charge in [-0.05, 0) is 47.5 Å². The number of halogens is 1. The average Bonchev–Trinajstić information content (AvgIpc) is 3.62. The highest BCUT2D eigenvalue weighted by Gasteiger charge is 2.17. The molecular weight excluding hydrogens is 464 g/mol. The van der Waals surface area contributed by atoms with Crippen molar-refractivity contribution in [3.63, 3.8) is 0 Å². The number of rotatable bonds is 7. The van der Waals surface area contributed by atoms with E-state index in [0.29, 0.717) is 18.3 Å². The van der Waals surface area contributed by atoms with Crippen LogP contribution >= 0.6 is 12.4 Å². The maximum absolute atomic E-state index is 6.10. The molecule has 0 atom stereocenters. The molecule has 0 saturated heterocycles. The summed E-state index contributed by atoms with van der Waals surface area (Å²) in [5.74, 6) is 2.08. The normalized spacial score (nSPS) is 11.2. The van der Waals surface area contributed by atoms with Gasteiger partial charge in [-0.2, -0.15) is 5.21 Å². The zero-order chi connectivity index (χ0) is 22.9.